The number of esters is 1. The van der Waals surface area contributed by atoms with E-state index in [4.69, 9.17) is 23.7 Å². The number of hydrogen-bond donors (Lipinski definition) is 5. The summed E-state index contributed by atoms with van der Waals surface area (Å²) in [7, 11) is 5.31. The number of nitrogens with zero attached hydrogens (tertiary/aromatic N) is 6. The molecule has 4 heterocycles. The minimum absolute atomic E-state index is 0.107. The third-order valence-corrected chi connectivity index (χ3v) is 13.4. The van der Waals surface area contributed by atoms with Gasteiger partial charge in [0.2, 0.25) is 0 Å². The molecule has 63 heavy (non-hydrogen) atoms. The normalized spacial score (nSPS) is 35.5. The molecule has 354 valence electrons. The molecule has 0 saturated carbocycles. The third-order valence-electron chi connectivity index (χ3n) is 13.4. The number of ether oxygens (including phenoxy) is 5. The fourth-order valence-corrected chi connectivity index (χ4v) is 9.66. The third kappa shape index (κ3) is 12.6. The summed E-state index contributed by atoms with van der Waals surface area (Å²) in [6.45, 7) is 16.6. The number of cyclic esters (lactones) is 1. The molecule has 5 rings (SSSR count). The first-order chi connectivity index (χ1) is 29.8. The molecule has 2 aliphatic rings. The monoisotopic (exact) mass is 886 g/mol. The molecule has 1 aromatic carbocycles. The number of carbonyl (C=O) groups is 1. The van der Waals surface area contributed by atoms with Crippen LogP contribution in [-0.2, 0) is 36.7 Å². The van der Waals surface area contributed by atoms with Gasteiger partial charge in [0.1, 0.15) is 29.7 Å². The standard InChI is InChI=1S/C46H75N7O10/c1-12-38-46(8,58)41(55)32(6)52(10)26-28(2)23-45(7,57)42(30(4)40(59-11)31(5)43(56)62-38)63-44-39(54)37(22-29(3)61-44)51(9)20-18-35-27-53(50-49-35)19-13-21-60-36-16-14-33(15-17-36)34-24-47-48-25-34/h14-17,24-25,27-32,37-42,44,54-55,57-58H,12-13,18-23,26H2,1-11H3,(H,47,48)/t28-,29-,30+,31-,32-,37+,38-,39-,40+,41-,42-,44+,45-,46-/m1/s1. The maximum Gasteiger partial charge on any atom is 0.311 e. The average molecular weight is 886 g/mol. The highest BCUT2D eigenvalue weighted by molar-refractivity contribution is 5.73. The van der Waals surface area contributed by atoms with Crippen LogP contribution in [0.4, 0.5) is 0 Å². The maximum atomic E-state index is 13.8. The number of carbonyl (C=O) groups excluding carboxylic acids is 1. The van der Waals surface area contributed by atoms with Crippen LogP contribution in [-0.4, -0.2) is 168 Å². The van der Waals surface area contributed by atoms with Crippen molar-refractivity contribution in [3.63, 3.8) is 0 Å². The van der Waals surface area contributed by atoms with Crippen molar-refractivity contribution in [2.45, 2.75) is 160 Å². The second-order valence-corrected chi connectivity index (χ2v) is 18.8. The Morgan fingerprint density at radius 1 is 1.06 bits per heavy atom. The van der Waals surface area contributed by atoms with Gasteiger partial charge in [-0.3, -0.25) is 14.6 Å². The van der Waals surface area contributed by atoms with Crippen LogP contribution in [0.3, 0.4) is 0 Å². The van der Waals surface area contributed by atoms with Gasteiger partial charge in [0.05, 0.1) is 48.3 Å². The van der Waals surface area contributed by atoms with Gasteiger partial charge < -0.3 is 53.9 Å². The van der Waals surface area contributed by atoms with E-state index in [-0.39, 0.29) is 30.9 Å². The molecule has 2 saturated heterocycles. The zero-order chi connectivity index (χ0) is 46.2. The van der Waals surface area contributed by atoms with Crippen LogP contribution in [0.2, 0.25) is 0 Å². The Bertz CT molecular complexity index is 1830. The lowest BCUT2D eigenvalue weighted by Gasteiger charge is -2.47. The first-order valence-corrected chi connectivity index (χ1v) is 22.6. The fraction of sp³-hybridized carbons (Fsp3) is 0.739. The minimum atomic E-state index is -1.74. The van der Waals surface area contributed by atoms with E-state index in [1.807, 2.05) is 88.0 Å². The molecular formula is C46H75N7O10. The smallest absolute Gasteiger partial charge is 0.311 e. The molecule has 0 bridgehead atoms. The van der Waals surface area contributed by atoms with Gasteiger partial charge in [-0.05, 0) is 91.6 Å². The number of H-pyrrole nitrogens is 1. The predicted octanol–water partition coefficient (Wildman–Crippen LogP) is 3.69. The molecular weight excluding hydrogens is 811 g/mol. The highest BCUT2D eigenvalue weighted by atomic mass is 16.7. The first kappa shape index (κ1) is 50.5. The number of likely N-dealkylation sites (N-methyl/N-ethyl adjacent to an activating group) is 2. The molecule has 2 aromatic heterocycles. The molecule has 0 aliphatic carbocycles. The van der Waals surface area contributed by atoms with E-state index in [1.54, 1.807) is 27.0 Å². The van der Waals surface area contributed by atoms with Crippen molar-refractivity contribution in [1.29, 1.82) is 0 Å². The Balaban J connectivity index is 1.23. The summed E-state index contributed by atoms with van der Waals surface area (Å²) in [5, 5.41) is 63.0. The number of aromatic amines is 1. The van der Waals surface area contributed by atoms with E-state index in [9.17, 15) is 25.2 Å². The summed E-state index contributed by atoms with van der Waals surface area (Å²) in [6.07, 6.45) is 1.56. The number of benzene rings is 1. The van der Waals surface area contributed by atoms with Crippen molar-refractivity contribution in [2.24, 2.45) is 17.8 Å². The van der Waals surface area contributed by atoms with Gasteiger partial charge in [-0.15, -0.1) is 5.10 Å². The first-order valence-electron chi connectivity index (χ1n) is 22.6. The molecule has 0 amide bonds. The Morgan fingerprint density at radius 3 is 2.43 bits per heavy atom. The lowest BCUT2D eigenvalue weighted by atomic mass is 9.78. The summed E-state index contributed by atoms with van der Waals surface area (Å²) in [4.78, 5) is 17.8. The average Bonchev–Trinajstić information content (AvgIpc) is 3.95. The Kier molecular flexibility index (Phi) is 17.7. The zero-order valence-corrected chi connectivity index (χ0v) is 39.3. The van der Waals surface area contributed by atoms with Crippen molar-refractivity contribution >= 4 is 5.97 Å². The van der Waals surface area contributed by atoms with Crippen LogP contribution in [0.1, 0.15) is 86.8 Å². The molecule has 5 N–H and O–H groups in total. The second kappa shape index (κ2) is 22.1. The highest BCUT2D eigenvalue weighted by Crippen LogP contribution is 2.37. The highest BCUT2D eigenvalue weighted by Gasteiger charge is 2.50. The number of aliphatic hydroxyl groups excluding tert-OH is 2. The second-order valence-electron chi connectivity index (χ2n) is 18.8. The molecule has 0 radical (unpaired) electrons. The van der Waals surface area contributed by atoms with Crippen molar-refractivity contribution in [3.05, 3.63) is 48.5 Å². The summed E-state index contributed by atoms with van der Waals surface area (Å²) < 4.78 is 32.7. The Hall–Kier alpha value is -3.52. The van der Waals surface area contributed by atoms with Gasteiger partial charge in [-0.25, -0.2) is 0 Å². The summed E-state index contributed by atoms with van der Waals surface area (Å²) in [6, 6.07) is 7.06. The van der Waals surface area contributed by atoms with Crippen LogP contribution in [0.5, 0.6) is 5.75 Å². The number of aryl methyl sites for hydroxylation is 1. The van der Waals surface area contributed by atoms with E-state index < -0.39 is 71.9 Å². The number of methoxy groups -OCH3 is 1. The zero-order valence-electron chi connectivity index (χ0n) is 39.3. The summed E-state index contributed by atoms with van der Waals surface area (Å²) in [5.41, 5.74) is -0.320. The van der Waals surface area contributed by atoms with E-state index >= 15 is 0 Å². The van der Waals surface area contributed by atoms with Crippen LogP contribution >= 0.6 is 0 Å². The summed E-state index contributed by atoms with van der Waals surface area (Å²) in [5.74, 6) is -1.38. The molecule has 3 aromatic rings. The largest absolute Gasteiger partial charge is 0.494 e. The van der Waals surface area contributed by atoms with E-state index in [0.717, 1.165) is 29.0 Å². The molecule has 17 heteroatoms. The van der Waals surface area contributed by atoms with Gasteiger partial charge in [0, 0.05) is 75.5 Å². The van der Waals surface area contributed by atoms with Crippen LogP contribution in [0.25, 0.3) is 11.1 Å². The number of aliphatic hydroxyl groups is 4. The van der Waals surface area contributed by atoms with Crippen molar-refractivity contribution in [3.8, 4) is 16.9 Å². The summed E-state index contributed by atoms with van der Waals surface area (Å²) >= 11 is 0. The number of nitrogens with one attached hydrogen (secondary N) is 1. The van der Waals surface area contributed by atoms with Crippen LogP contribution in [0, 0.1) is 17.8 Å². The molecule has 14 atom stereocenters. The van der Waals surface area contributed by atoms with Gasteiger partial charge in [0.15, 0.2) is 6.29 Å². The molecule has 2 aliphatic heterocycles. The quantitative estimate of drug-likeness (QED) is 0.116. The Labute approximate surface area is 373 Å². The molecule has 0 spiro atoms. The van der Waals surface area contributed by atoms with E-state index in [0.29, 0.717) is 39.1 Å². The van der Waals surface area contributed by atoms with Crippen LogP contribution in [0.15, 0.2) is 42.9 Å². The van der Waals surface area contributed by atoms with Gasteiger partial charge in [0.25, 0.3) is 0 Å². The van der Waals surface area contributed by atoms with Crippen molar-refractivity contribution in [1.82, 2.24) is 35.0 Å². The minimum Gasteiger partial charge on any atom is -0.494 e. The molecule has 17 nitrogen and oxygen atoms in total. The lowest BCUT2D eigenvalue weighted by molar-refractivity contribution is -0.300. The Morgan fingerprint density at radius 2 is 1.78 bits per heavy atom. The molecule has 2 fully saturated rings. The fourth-order valence-electron chi connectivity index (χ4n) is 9.66. The van der Waals surface area contributed by atoms with Crippen molar-refractivity contribution in [2.75, 3.05) is 40.9 Å². The lowest BCUT2D eigenvalue weighted by Crippen LogP contribution is -2.59. The van der Waals surface area contributed by atoms with Gasteiger partial charge in [-0.2, -0.15) is 5.10 Å². The molecule has 0 unspecified atom stereocenters. The maximum absolute atomic E-state index is 13.8. The number of hydrogen-bond acceptors (Lipinski definition) is 15. The van der Waals surface area contributed by atoms with Crippen LogP contribution < -0.4 is 4.74 Å². The van der Waals surface area contributed by atoms with Crippen molar-refractivity contribution < 1.29 is 48.9 Å². The SMILES string of the molecule is CC[C@H]1OC(=O)[C@H](C)[C@@H](OC)[C@H](C)[C@@H](O[C@@H]2O[C@H](C)C[C@H](N(C)CCc3cn(CCCOc4ccc(-c5cn[nH]c5)cc4)nn3)[C@H]2O)[C@](C)(O)C[C@@H](C)CN(C)[C@H](C)[C@@H](O)[C@]1(C)O. The topological polar surface area (TPSA) is 210 Å². The van der Waals surface area contributed by atoms with E-state index in [1.165, 1.54) is 14.0 Å². The van der Waals surface area contributed by atoms with E-state index in [2.05, 4.69) is 25.4 Å². The van der Waals surface area contributed by atoms with Gasteiger partial charge in [-0.1, -0.05) is 38.1 Å². The van der Waals surface area contributed by atoms with Gasteiger partial charge >= 0.3 is 5.97 Å². The number of rotatable bonds is 14. The predicted molar refractivity (Wildman–Crippen MR) is 237 cm³/mol. The number of aromatic nitrogens is 5.